The summed E-state index contributed by atoms with van der Waals surface area (Å²) in [7, 11) is 0. The number of aromatic nitrogens is 3. The van der Waals surface area contributed by atoms with Crippen molar-refractivity contribution in [3.8, 4) is 11.4 Å². The summed E-state index contributed by atoms with van der Waals surface area (Å²) in [6.07, 6.45) is 3.07. The standard InChI is InChI=1S/C9H7N3O2/c13-9(14)7-3-1-2-6(12-7)8-4-10-5-11-8/h1-5H,(H,10,11)(H,13,14)/p-1. The average Bonchev–Trinajstić information content (AvgIpc) is 2.71. The van der Waals surface area contributed by atoms with Crippen LogP contribution in [0.3, 0.4) is 0 Å². The van der Waals surface area contributed by atoms with E-state index in [1.165, 1.54) is 12.4 Å². The van der Waals surface area contributed by atoms with Gasteiger partial charge in [0.05, 0.1) is 35.6 Å². The molecule has 70 valence electrons. The van der Waals surface area contributed by atoms with Gasteiger partial charge in [-0.15, -0.1) is 0 Å². The summed E-state index contributed by atoms with van der Waals surface area (Å²) in [5, 5.41) is 10.5. The highest BCUT2D eigenvalue weighted by molar-refractivity contribution is 5.84. The lowest BCUT2D eigenvalue weighted by Crippen LogP contribution is -2.23. The number of aromatic amines is 1. The van der Waals surface area contributed by atoms with Crippen LogP contribution in [0.25, 0.3) is 11.4 Å². The summed E-state index contributed by atoms with van der Waals surface area (Å²) in [5.74, 6) is -1.29. The summed E-state index contributed by atoms with van der Waals surface area (Å²) in [6, 6.07) is 4.68. The molecule has 0 bridgehead atoms. The average molecular weight is 188 g/mol. The fourth-order valence-electron chi connectivity index (χ4n) is 1.09. The quantitative estimate of drug-likeness (QED) is 0.709. The molecule has 0 radical (unpaired) electrons. The highest BCUT2D eigenvalue weighted by Gasteiger charge is 2.01. The topological polar surface area (TPSA) is 81.7 Å². The van der Waals surface area contributed by atoms with Crippen molar-refractivity contribution < 1.29 is 9.90 Å². The molecule has 0 spiro atoms. The molecule has 2 heterocycles. The molecule has 0 aliphatic carbocycles. The Labute approximate surface area is 79.5 Å². The van der Waals surface area contributed by atoms with Gasteiger partial charge in [-0.3, -0.25) is 0 Å². The summed E-state index contributed by atoms with van der Waals surface area (Å²) >= 11 is 0. The molecule has 0 aliphatic rings. The molecule has 5 nitrogen and oxygen atoms in total. The first kappa shape index (κ1) is 8.43. The third kappa shape index (κ3) is 1.47. The zero-order valence-corrected chi connectivity index (χ0v) is 7.10. The van der Waals surface area contributed by atoms with Crippen LogP contribution < -0.4 is 5.11 Å². The number of pyridine rings is 1. The lowest BCUT2D eigenvalue weighted by atomic mass is 10.2. The number of carbonyl (C=O) groups excluding carboxylic acids is 1. The molecule has 2 rings (SSSR count). The molecule has 2 aromatic heterocycles. The van der Waals surface area contributed by atoms with Crippen molar-refractivity contribution >= 4 is 5.97 Å². The maximum Gasteiger partial charge on any atom is 0.0924 e. The van der Waals surface area contributed by atoms with Crippen molar-refractivity contribution in [2.45, 2.75) is 0 Å². The molecule has 1 N–H and O–H groups in total. The Balaban J connectivity index is 2.46. The second-order valence-corrected chi connectivity index (χ2v) is 2.66. The Morgan fingerprint density at radius 3 is 2.93 bits per heavy atom. The van der Waals surface area contributed by atoms with Crippen LogP contribution in [0.2, 0.25) is 0 Å². The van der Waals surface area contributed by atoms with Gasteiger partial charge in [-0.25, -0.2) is 9.97 Å². The van der Waals surface area contributed by atoms with Crippen molar-refractivity contribution in [1.82, 2.24) is 15.0 Å². The van der Waals surface area contributed by atoms with E-state index in [9.17, 15) is 9.90 Å². The van der Waals surface area contributed by atoms with Gasteiger partial charge in [0.25, 0.3) is 0 Å². The van der Waals surface area contributed by atoms with Crippen molar-refractivity contribution in [3.05, 3.63) is 36.4 Å². The molecule has 0 atom stereocenters. The molecule has 0 saturated carbocycles. The molecule has 2 aromatic rings. The van der Waals surface area contributed by atoms with Crippen LogP contribution in [-0.2, 0) is 0 Å². The predicted molar refractivity (Wildman–Crippen MR) is 46.1 cm³/mol. The van der Waals surface area contributed by atoms with Gasteiger partial charge < -0.3 is 14.9 Å². The third-order valence-corrected chi connectivity index (χ3v) is 1.73. The second-order valence-electron chi connectivity index (χ2n) is 2.66. The Kier molecular flexibility index (Phi) is 1.98. The number of hydrogen-bond donors (Lipinski definition) is 1. The zero-order valence-electron chi connectivity index (χ0n) is 7.10. The van der Waals surface area contributed by atoms with Gasteiger partial charge in [0.15, 0.2) is 0 Å². The van der Waals surface area contributed by atoms with E-state index in [-0.39, 0.29) is 5.69 Å². The Morgan fingerprint density at radius 1 is 1.43 bits per heavy atom. The molecule has 14 heavy (non-hydrogen) atoms. The van der Waals surface area contributed by atoms with Crippen molar-refractivity contribution in [2.24, 2.45) is 0 Å². The number of carboxylic acids is 1. The third-order valence-electron chi connectivity index (χ3n) is 1.73. The molecule has 0 amide bonds. The van der Waals surface area contributed by atoms with E-state index in [0.29, 0.717) is 11.4 Å². The number of imidazole rings is 1. The molecule has 0 unspecified atom stereocenters. The van der Waals surface area contributed by atoms with Gasteiger partial charge in [-0.05, 0) is 12.1 Å². The van der Waals surface area contributed by atoms with Crippen molar-refractivity contribution in [2.75, 3.05) is 0 Å². The fourth-order valence-corrected chi connectivity index (χ4v) is 1.09. The number of aromatic carboxylic acids is 1. The van der Waals surface area contributed by atoms with E-state index in [4.69, 9.17) is 0 Å². The Morgan fingerprint density at radius 2 is 2.29 bits per heavy atom. The van der Waals surface area contributed by atoms with Gasteiger partial charge in [0, 0.05) is 0 Å². The number of nitrogens with one attached hydrogen (secondary N) is 1. The number of rotatable bonds is 2. The van der Waals surface area contributed by atoms with Crippen LogP contribution in [0, 0.1) is 0 Å². The van der Waals surface area contributed by atoms with Crippen LogP contribution in [0.15, 0.2) is 30.7 Å². The van der Waals surface area contributed by atoms with Gasteiger partial charge >= 0.3 is 0 Å². The van der Waals surface area contributed by atoms with Crippen molar-refractivity contribution in [3.63, 3.8) is 0 Å². The van der Waals surface area contributed by atoms with Crippen molar-refractivity contribution in [1.29, 1.82) is 0 Å². The largest absolute Gasteiger partial charge is 0.543 e. The maximum absolute atomic E-state index is 10.5. The van der Waals surface area contributed by atoms with Crippen LogP contribution >= 0.6 is 0 Å². The minimum atomic E-state index is -1.29. The summed E-state index contributed by atoms with van der Waals surface area (Å²) in [5.41, 5.74) is 1.12. The lowest BCUT2D eigenvalue weighted by Gasteiger charge is -2.02. The number of hydrogen-bond acceptors (Lipinski definition) is 4. The van der Waals surface area contributed by atoms with Gasteiger partial charge in [0.1, 0.15) is 0 Å². The number of H-pyrrole nitrogens is 1. The van der Waals surface area contributed by atoms with Gasteiger partial charge in [-0.2, -0.15) is 0 Å². The highest BCUT2D eigenvalue weighted by atomic mass is 16.4. The first-order valence-corrected chi connectivity index (χ1v) is 3.94. The Hall–Kier alpha value is -2.17. The highest BCUT2D eigenvalue weighted by Crippen LogP contribution is 2.12. The normalized spacial score (nSPS) is 10.0. The lowest BCUT2D eigenvalue weighted by molar-refractivity contribution is -0.255. The number of nitrogens with zero attached hydrogens (tertiary/aromatic N) is 2. The van der Waals surface area contributed by atoms with E-state index in [1.54, 1.807) is 18.3 Å². The first-order valence-electron chi connectivity index (χ1n) is 3.94. The summed E-state index contributed by atoms with van der Waals surface area (Å²) < 4.78 is 0. The summed E-state index contributed by atoms with van der Waals surface area (Å²) in [6.45, 7) is 0. The first-order chi connectivity index (χ1) is 6.77. The number of carboxylic acid groups (broad SMARTS) is 1. The minimum absolute atomic E-state index is 0.0860. The molecular formula is C9H6N3O2-. The van der Waals surface area contributed by atoms with E-state index in [0.717, 1.165) is 0 Å². The predicted octanol–water partition coefficient (Wildman–Crippen LogP) is -0.165. The van der Waals surface area contributed by atoms with E-state index in [2.05, 4.69) is 15.0 Å². The van der Waals surface area contributed by atoms with Crippen LogP contribution in [0.5, 0.6) is 0 Å². The smallest absolute Gasteiger partial charge is 0.0924 e. The van der Waals surface area contributed by atoms with E-state index in [1.807, 2.05) is 0 Å². The van der Waals surface area contributed by atoms with E-state index >= 15 is 0 Å². The Bertz CT molecular complexity index is 451. The second kappa shape index (κ2) is 3.29. The SMILES string of the molecule is O=C([O-])c1cccc(-c2cnc[nH]2)n1. The molecule has 5 heteroatoms. The van der Waals surface area contributed by atoms with Crippen LogP contribution in [0.4, 0.5) is 0 Å². The zero-order chi connectivity index (χ0) is 9.97. The monoisotopic (exact) mass is 188 g/mol. The molecular weight excluding hydrogens is 182 g/mol. The van der Waals surface area contributed by atoms with Gasteiger partial charge in [0.2, 0.25) is 0 Å². The maximum atomic E-state index is 10.5. The molecule has 0 aliphatic heterocycles. The molecule has 0 fully saturated rings. The minimum Gasteiger partial charge on any atom is -0.543 e. The van der Waals surface area contributed by atoms with E-state index < -0.39 is 5.97 Å². The summed E-state index contributed by atoms with van der Waals surface area (Å²) in [4.78, 5) is 21.1. The van der Waals surface area contributed by atoms with Gasteiger partial charge in [-0.1, -0.05) is 6.07 Å². The van der Waals surface area contributed by atoms with Crippen LogP contribution in [-0.4, -0.2) is 20.9 Å². The van der Waals surface area contributed by atoms with Crippen LogP contribution in [0.1, 0.15) is 10.5 Å². The fraction of sp³-hybridized carbons (Fsp3) is 0. The molecule has 0 saturated heterocycles. The molecule has 0 aromatic carbocycles. The number of carbonyl (C=O) groups is 1.